The fraction of sp³-hybridized carbons (Fsp3) is 0.538. The first kappa shape index (κ1) is 13.3. The molecule has 1 aromatic heterocycles. The smallest absolute Gasteiger partial charge is 0.242 e. The van der Waals surface area contributed by atoms with E-state index in [0.29, 0.717) is 12.4 Å². The first-order chi connectivity index (χ1) is 9.24. The molecule has 2 rings (SSSR count). The average molecular weight is 259 g/mol. The third kappa shape index (κ3) is 3.19. The van der Waals surface area contributed by atoms with Gasteiger partial charge in [0.25, 0.3) is 0 Å². The van der Waals surface area contributed by atoms with Crippen LogP contribution in [0, 0.1) is 11.3 Å². The number of rotatable bonds is 3. The van der Waals surface area contributed by atoms with E-state index in [2.05, 4.69) is 17.1 Å². The summed E-state index contributed by atoms with van der Waals surface area (Å²) >= 11 is 0. The van der Waals surface area contributed by atoms with Crippen molar-refractivity contribution in [3.8, 4) is 6.07 Å². The van der Waals surface area contributed by atoms with Crippen LogP contribution in [0.15, 0.2) is 12.1 Å². The lowest BCUT2D eigenvalue weighted by atomic mass is 10.3. The molecular weight excluding hydrogens is 242 g/mol. The molecule has 1 amide bonds. The Balaban J connectivity index is 2.08. The standard InChI is InChI=1S/C13H17N5O/c1-2-6-17-7-3-8-18(10-13(17)19)12-5-4-11(9-14)15-16-12/h4-5H,2-3,6-8,10H2,1H3. The Morgan fingerprint density at radius 2 is 2.21 bits per heavy atom. The minimum Gasteiger partial charge on any atom is -0.346 e. The molecule has 1 aromatic rings. The van der Waals surface area contributed by atoms with Gasteiger partial charge in [0.2, 0.25) is 5.91 Å². The number of hydrogen-bond acceptors (Lipinski definition) is 5. The summed E-state index contributed by atoms with van der Waals surface area (Å²) in [6, 6.07) is 5.31. The van der Waals surface area contributed by atoms with E-state index < -0.39 is 0 Å². The molecule has 0 aliphatic carbocycles. The van der Waals surface area contributed by atoms with Crippen LogP contribution in [0.4, 0.5) is 5.82 Å². The molecular formula is C13H17N5O. The SMILES string of the molecule is CCCN1CCCN(c2ccc(C#N)nn2)CC1=O. The number of aromatic nitrogens is 2. The minimum absolute atomic E-state index is 0.130. The molecule has 0 atom stereocenters. The molecule has 0 spiro atoms. The molecule has 0 N–H and O–H groups in total. The highest BCUT2D eigenvalue weighted by atomic mass is 16.2. The summed E-state index contributed by atoms with van der Waals surface area (Å²) in [7, 11) is 0. The van der Waals surface area contributed by atoms with E-state index in [1.165, 1.54) is 0 Å². The van der Waals surface area contributed by atoms with Crippen LogP contribution in [-0.4, -0.2) is 47.2 Å². The number of anilines is 1. The summed E-state index contributed by atoms with van der Waals surface area (Å²) in [5.74, 6) is 0.788. The second kappa shape index (κ2) is 6.14. The molecule has 1 aliphatic heterocycles. The van der Waals surface area contributed by atoms with Gasteiger partial charge in [-0.1, -0.05) is 6.92 Å². The van der Waals surface area contributed by atoms with Crippen molar-refractivity contribution in [3.05, 3.63) is 17.8 Å². The van der Waals surface area contributed by atoms with Gasteiger partial charge in [0.15, 0.2) is 11.5 Å². The van der Waals surface area contributed by atoms with Gasteiger partial charge in [-0.3, -0.25) is 4.79 Å². The molecule has 0 unspecified atom stereocenters. The Kier molecular flexibility index (Phi) is 4.29. The predicted octanol–water partition coefficient (Wildman–Crippen LogP) is 0.797. The molecule has 100 valence electrons. The summed E-state index contributed by atoms with van der Waals surface area (Å²) in [4.78, 5) is 15.9. The third-order valence-electron chi connectivity index (χ3n) is 3.12. The summed E-state index contributed by atoms with van der Waals surface area (Å²) in [6.45, 7) is 4.80. The van der Waals surface area contributed by atoms with Gasteiger partial charge in [0, 0.05) is 19.6 Å². The van der Waals surface area contributed by atoms with E-state index in [-0.39, 0.29) is 11.6 Å². The lowest BCUT2D eigenvalue weighted by Crippen LogP contribution is -2.37. The van der Waals surface area contributed by atoms with Crippen molar-refractivity contribution in [2.45, 2.75) is 19.8 Å². The summed E-state index contributed by atoms with van der Waals surface area (Å²) in [5, 5.41) is 16.5. The molecule has 6 nitrogen and oxygen atoms in total. The molecule has 2 heterocycles. The van der Waals surface area contributed by atoms with Gasteiger partial charge in [0.1, 0.15) is 6.07 Å². The largest absolute Gasteiger partial charge is 0.346 e. The summed E-state index contributed by atoms with van der Waals surface area (Å²) < 4.78 is 0. The maximum atomic E-state index is 12.1. The van der Waals surface area contributed by atoms with Crippen LogP contribution in [0.2, 0.25) is 0 Å². The number of hydrogen-bond donors (Lipinski definition) is 0. The van der Waals surface area contributed by atoms with Crippen molar-refractivity contribution >= 4 is 11.7 Å². The topological polar surface area (TPSA) is 73.1 Å². The van der Waals surface area contributed by atoms with Crippen LogP contribution < -0.4 is 4.90 Å². The maximum Gasteiger partial charge on any atom is 0.242 e. The number of nitriles is 1. The Morgan fingerprint density at radius 1 is 1.37 bits per heavy atom. The fourth-order valence-corrected chi connectivity index (χ4v) is 2.17. The van der Waals surface area contributed by atoms with Crippen molar-refractivity contribution in [2.24, 2.45) is 0 Å². The second-order valence-electron chi connectivity index (χ2n) is 4.54. The third-order valence-corrected chi connectivity index (χ3v) is 3.12. The normalized spacial score (nSPS) is 16.1. The zero-order valence-electron chi connectivity index (χ0n) is 11.0. The number of carbonyl (C=O) groups is 1. The zero-order valence-corrected chi connectivity index (χ0v) is 11.0. The Morgan fingerprint density at radius 3 is 2.84 bits per heavy atom. The Labute approximate surface area is 112 Å². The second-order valence-corrected chi connectivity index (χ2v) is 4.54. The van der Waals surface area contributed by atoms with Gasteiger partial charge in [0.05, 0.1) is 6.54 Å². The molecule has 0 saturated carbocycles. The van der Waals surface area contributed by atoms with E-state index in [0.717, 1.165) is 32.5 Å². The maximum absolute atomic E-state index is 12.1. The van der Waals surface area contributed by atoms with Gasteiger partial charge in [-0.05, 0) is 25.0 Å². The molecule has 0 radical (unpaired) electrons. The summed E-state index contributed by atoms with van der Waals surface area (Å²) in [6.07, 6.45) is 1.90. The first-order valence-corrected chi connectivity index (χ1v) is 6.51. The molecule has 6 heteroatoms. The van der Waals surface area contributed by atoms with Crippen LogP contribution >= 0.6 is 0 Å². The van der Waals surface area contributed by atoms with E-state index in [9.17, 15) is 4.79 Å². The molecule has 1 fully saturated rings. The van der Waals surface area contributed by atoms with E-state index >= 15 is 0 Å². The number of nitrogens with zero attached hydrogens (tertiary/aromatic N) is 5. The molecule has 0 bridgehead atoms. The van der Waals surface area contributed by atoms with Crippen molar-refractivity contribution in [1.82, 2.24) is 15.1 Å². The number of amides is 1. The van der Waals surface area contributed by atoms with Gasteiger partial charge in [-0.15, -0.1) is 10.2 Å². The van der Waals surface area contributed by atoms with Crippen LogP contribution in [0.1, 0.15) is 25.5 Å². The van der Waals surface area contributed by atoms with Crippen LogP contribution in [0.5, 0.6) is 0 Å². The quantitative estimate of drug-likeness (QED) is 0.802. The number of carbonyl (C=O) groups excluding carboxylic acids is 1. The van der Waals surface area contributed by atoms with Crippen LogP contribution in [0.3, 0.4) is 0 Å². The molecule has 0 aromatic carbocycles. The lowest BCUT2D eigenvalue weighted by Gasteiger charge is -2.21. The Hall–Kier alpha value is -2.16. The molecule has 1 saturated heterocycles. The highest BCUT2D eigenvalue weighted by Gasteiger charge is 2.22. The summed E-state index contributed by atoms with van der Waals surface area (Å²) in [5.41, 5.74) is 0.289. The van der Waals surface area contributed by atoms with Crippen molar-refractivity contribution in [2.75, 3.05) is 31.1 Å². The van der Waals surface area contributed by atoms with Gasteiger partial charge >= 0.3 is 0 Å². The van der Waals surface area contributed by atoms with Crippen molar-refractivity contribution in [3.63, 3.8) is 0 Å². The van der Waals surface area contributed by atoms with Gasteiger partial charge < -0.3 is 9.80 Å². The minimum atomic E-state index is 0.130. The molecule has 1 aliphatic rings. The van der Waals surface area contributed by atoms with Crippen molar-refractivity contribution < 1.29 is 4.79 Å². The first-order valence-electron chi connectivity index (χ1n) is 6.51. The van der Waals surface area contributed by atoms with E-state index in [1.807, 2.05) is 15.9 Å². The highest BCUT2D eigenvalue weighted by molar-refractivity contribution is 5.81. The van der Waals surface area contributed by atoms with Crippen LogP contribution in [-0.2, 0) is 4.79 Å². The molecule has 19 heavy (non-hydrogen) atoms. The van der Waals surface area contributed by atoms with E-state index in [4.69, 9.17) is 5.26 Å². The van der Waals surface area contributed by atoms with Crippen molar-refractivity contribution in [1.29, 1.82) is 5.26 Å². The predicted molar refractivity (Wildman–Crippen MR) is 70.4 cm³/mol. The zero-order chi connectivity index (χ0) is 13.7. The Bertz CT molecular complexity index is 479. The van der Waals surface area contributed by atoms with Crippen LogP contribution in [0.25, 0.3) is 0 Å². The highest BCUT2D eigenvalue weighted by Crippen LogP contribution is 2.13. The average Bonchev–Trinajstić information content (AvgIpc) is 2.62. The van der Waals surface area contributed by atoms with Gasteiger partial charge in [-0.2, -0.15) is 5.26 Å². The van der Waals surface area contributed by atoms with E-state index in [1.54, 1.807) is 12.1 Å². The monoisotopic (exact) mass is 259 g/mol. The lowest BCUT2D eigenvalue weighted by molar-refractivity contribution is -0.129. The fourth-order valence-electron chi connectivity index (χ4n) is 2.17. The van der Waals surface area contributed by atoms with Gasteiger partial charge in [-0.25, -0.2) is 0 Å².